The van der Waals surface area contributed by atoms with E-state index in [4.69, 9.17) is 5.11 Å². The van der Waals surface area contributed by atoms with Crippen LogP contribution in [0.3, 0.4) is 0 Å². The molecule has 0 aliphatic heterocycles. The summed E-state index contributed by atoms with van der Waals surface area (Å²) in [7, 11) is 2.09. The summed E-state index contributed by atoms with van der Waals surface area (Å²) < 4.78 is 0. The predicted octanol–water partition coefficient (Wildman–Crippen LogP) is 2.76. The molecule has 0 saturated heterocycles. The van der Waals surface area contributed by atoms with E-state index in [0.717, 1.165) is 12.1 Å². The van der Waals surface area contributed by atoms with Gasteiger partial charge in [-0.25, -0.2) is 4.79 Å². The SMILES string of the molecule is CN(Cc1ccccc1C(=O)O)C1CCCC1. The molecule has 1 aromatic rings. The number of hydrogen-bond donors (Lipinski definition) is 1. The molecule has 1 aliphatic rings. The average Bonchev–Trinajstić information content (AvgIpc) is 2.83. The van der Waals surface area contributed by atoms with Crippen LogP contribution in [-0.4, -0.2) is 29.1 Å². The van der Waals surface area contributed by atoms with Gasteiger partial charge in [-0.05, 0) is 31.5 Å². The van der Waals surface area contributed by atoms with Gasteiger partial charge in [0.25, 0.3) is 0 Å². The maximum absolute atomic E-state index is 11.1. The molecule has 0 unspecified atom stereocenters. The lowest BCUT2D eigenvalue weighted by atomic mass is 10.1. The predicted molar refractivity (Wildman–Crippen MR) is 67.1 cm³/mol. The van der Waals surface area contributed by atoms with Crippen molar-refractivity contribution in [3.8, 4) is 0 Å². The lowest BCUT2D eigenvalue weighted by Gasteiger charge is -2.24. The number of carbonyl (C=O) groups is 1. The van der Waals surface area contributed by atoms with E-state index in [1.165, 1.54) is 25.7 Å². The molecule has 17 heavy (non-hydrogen) atoms. The summed E-state index contributed by atoms with van der Waals surface area (Å²) in [6.45, 7) is 0.729. The third-order valence-electron chi connectivity index (χ3n) is 3.62. The van der Waals surface area contributed by atoms with Gasteiger partial charge in [0.2, 0.25) is 0 Å². The average molecular weight is 233 g/mol. The minimum absolute atomic E-state index is 0.428. The summed E-state index contributed by atoms with van der Waals surface area (Å²) in [5, 5.41) is 9.13. The number of nitrogens with zero attached hydrogens (tertiary/aromatic N) is 1. The Morgan fingerprint density at radius 1 is 1.35 bits per heavy atom. The molecule has 0 spiro atoms. The lowest BCUT2D eigenvalue weighted by Crippen LogP contribution is -2.29. The Morgan fingerprint density at radius 3 is 2.65 bits per heavy atom. The molecule has 1 N–H and O–H groups in total. The van der Waals surface area contributed by atoms with Crippen molar-refractivity contribution in [1.29, 1.82) is 0 Å². The van der Waals surface area contributed by atoms with E-state index in [1.807, 2.05) is 12.1 Å². The van der Waals surface area contributed by atoms with Crippen LogP contribution < -0.4 is 0 Å². The molecule has 3 nitrogen and oxygen atoms in total. The fourth-order valence-electron chi connectivity index (χ4n) is 2.61. The van der Waals surface area contributed by atoms with E-state index in [2.05, 4.69) is 11.9 Å². The fourth-order valence-corrected chi connectivity index (χ4v) is 2.61. The third-order valence-corrected chi connectivity index (χ3v) is 3.62. The summed E-state index contributed by atoms with van der Waals surface area (Å²) in [5.41, 5.74) is 1.34. The first-order valence-electron chi connectivity index (χ1n) is 6.20. The molecule has 1 aliphatic carbocycles. The van der Waals surface area contributed by atoms with Crippen molar-refractivity contribution in [2.45, 2.75) is 38.3 Å². The Balaban J connectivity index is 2.09. The van der Waals surface area contributed by atoms with Gasteiger partial charge in [0.15, 0.2) is 0 Å². The zero-order valence-electron chi connectivity index (χ0n) is 10.2. The van der Waals surface area contributed by atoms with Crippen LogP contribution in [0, 0.1) is 0 Å². The first-order chi connectivity index (χ1) is 8.18. The fraction of sp³-hybridized carbons (Fsp3) is 0.500. The van der Waals surface area contributed by atoms with Crippen LogP contribution in [0.5, 0.6) is 0 Å². The molecule has 0 amide bonds. The first-order valence-corrected chi connectivity index (χ1v) is 6.20. The second kappa shape index (κ2) is 5.32. The van der Waals surface area contributed by atoms with Gasteiger partial charge in [0.05, 0.1) is 5.56 Å². The summed E-state index contributed by atoms with van der Waals surface area (Å²) in [6.07, 6.45) is 5.09. The highest BCUT2D eigenvalue weighted by Crippen LogP contribution is 2.24. The maximum atomic E-state index is 11.1. The smallest absolute Gasteiger partial charge is 0.336 e. The minimum Gasteiger partial charge on any atom is -0.478 e. The van der Waals surface area contributed by atoms with Crippen LogP contribution in [-0.2, 0) is 6.54 Å². The zero-order valence-corrected chi connectivity index (χ0v) is 10.2. The maximum Gasteiger partial charge on any atom is 0.336 e. The molecule has 1 fully saturated rings. The first kappa shape index (κ1) is 12.1. The van der Waals surface area contributed by atoms with Gasteiger partial charge in [-0.1, -0.05) is 31.0 Å². The quantitative estimate of drug-likeness (QED) is 0.869. The molecule has 92 valence electrons. The molecule has 0 heterocycles. The molecule has 0 atom stereocenters. The molecular weight excluding hydrogens is 214 g/mol. The van der Waals surface area contributed by atoms with Crippen LogP contribution in [0.15, 0.2) is 24.3 Å². The van der Waals surface area contributed by atoms with E-state index in [0.29, 0.717) is 11.6 Å². The molecule has 1 aromatic carbocycles. The standard InChI is InChI=1S/C14H19NO2/c1-15(12-7-3-4-8-12)10-11-6-2-5-9-13(11)14(16)17/h2,5-6,9,12H,3-4,7-8,10H2,1H3,(H,16,17). The topological polar surface area (TPSA) is 40.5 Å². The van der Waals surface area contributed by atoms with Crippen molar-refractivity contribution in [2.24, 2.45) is 0 Å². The van der Waals surface area contributed by atoms with Crippen molar-refractivity contribution in [1.82, 2.24) is 4.90 Å². The van der Waals surface area contributed by atoms with Crippen molar-refractivity contribution in [2.75, 3.05) is 7.05 Å². The number of rotatable bonds is 4. The Hall–Kier alpha value is -1.35. The second-order valence-electron chi connectivity index (χ2n) is 4.82. The lowest BCUT2D eigenvalue weighted by molar-refractivity contribution is 0.0694. The van der Waals surface area contributed by atoms with Gasteiger partial charge in [0, 0.05) is 12.6 Å². The molecule has 3 heteroatoms. The second-order valence-corrected chi connectivity index (χ2v) is 4.82. The van der Waals surface area contributed by atoms with Gasteiger partial charge >= 0.3 is 5.97 Å². The Bertz CT molecular complexity index is 397. The van der Waals surface area contributed by atoms with Gasteiger partial charge in [-0.15, -0.1) is 0 Å². The van der Waals surface area contributed by atoms with E-state index < -0.39 is 5.97 Å². The number of carboxylic acids is 1. The molecule has 0 bridgehead atoms. The van der Waals surface area contributed by atoms with E-state index in [9.17, 15) is 4.79 Å². The number of hydrogen-bond acceptors (Lipinski definition) is 2. The van der Waals surface area contributed by atoms with Gasteiger partial charge < -0.3 is 5.11 Å². The molecule has 1 saturated carbocycles. The van der Waals surface area contributed by atoms with Gasteiger partial charge in [0.1, 0.15) is 0 Å². The molecular formula is C14H19NO2. The summed E-state index contributed by atoms with van der Waals surface area (Å²) in [5.74, 6) is -0.833. The van der Waals surface area contributed by atoms with E-state index >= 15 is 0 Å². The summed E-state index contributed by atoms with van der Waals surface area (Å²) >= 11 is 0. The highest BCUT2D eigenvalue weighted by Gasteiger charge is 2.20. The van der Waals surface area contributed by atoms with Crippen LogP contribution in [0.4, 0.5) is 0 Å². The Kier molecular flexibility index (Phi) is 3.79. The van der Waals surface area contributed by atoms with Gasteiger partial charge in [-0.3, -0.25) is 4.90 Å². The normalized spacial score (nSPS) is 16.6. The van der Waals surface area contributed by atoms with E-state index in [-0.39, 0.29) is 0 Å². The highest BCUT2D eigenvalue weighted by atomic mass is 16.4. The van der Waals surface area contributed by atoms with Crippen LogP contribution in [0.25, 0.3) is 0 Å². The van der Waals surface area contributed by atoms with Crippen molar-refractivity contribution in [3.63, 3.8) is 0 Å². The van der Waals surface area contributed by atoms with Crippen LogP contribution in [0.2, 0.25) is 0 Å². The van der Waals surface area contributed by atoms with Gasteiger partial charge in [-0.2, -0.15) is 0 Å². The Morgan fingerprint density at radius 2 is 2.00 bits per heavy atom. The highest BCUT2D eigenvalue weighted by molar-refractivity contribution is 5.89. The minimum atomic E-state index is -0.833. The van der Waals surface area contributed by atoms with Crippen molar-refractivity contribution < 1.29 is 9.90 Å². The van der Waals surface area contributed by atoms with Crippen LogP contribution >= 0.6 is 0 Å². The molecule has 0 aromatic heterocycles. The molecule has 2 rings (SSSR count). The van der Waals surface area contributed by atoms with E-state index in [1.54, 1.807) is 12.1 Å². The van der Waals surface area contributed by atoms with Crippen LogP contribution in [0.1, 0.15) is 41.6 Å². The summed E-state index contributed by atoms with van der Waals surface area (Å²) in [4.78, 5) is 13.4. The van der Waals surface area contributed by atoms with Crippen molar-refractivity contribution >= 4 is 5.97 Å². The number of benzene rings is 1. The Labute approximate surface area is 102 Å². The molecule has 0 radical (unpaired) electrons. The number of carboxylic acid groups (broad SMARTS) is 1. The summed E-state index contributed by atoms with van der Waals surface area (Å²) in [6, 6.07) is 7.90. The zero-order chi connectivity index (χ0) is 12.3. The number of aromatic carboxylic acids is 1. The third kappa shape index (κ3) is 2.86. The largest absolute Gasteiger partial charge is 0.478 e. The monoisotopic (exact) mass is 233 g/mol. The van der Waals surface area contributed by atoms with Crippen molar-refractivity contribution in [3.05, 3.63) is 35.4 Å².